The van der Waals surface area contributed by atoms with Gasteiger partial charge in [0.15, 0.2) is 11.5 Å². The number of hydrogen-bond acceptors (Lipinski definition) is 4. The molecule has 0 aromatic heterocycles. The third kappa shape index (κ3) is 6.24. The second-order valence-electron chi connectivity index (χ2n) is 10.8. The molecule has 2 aromatic carbocycles. The van der Waals surface area contributed by atoms with Crippen LogP contribution in [0.15, 0.2) is 54.3 Å². The average molecular weight is 502 g/mol. The van der Waals surface area contributed by atoms with Crippen molar-refractivity contribution >= 4 is 23.6 Å². The van der Waals surface area contributed by atoms with Crippen LogP contribution in [0.5, 0.6) is 5.75 Å². The molecule has 1 saturated carbocycles. The number of ether oxygens (including phenoxy) is 1. The molecule has 37 heavy (non-hydrogen) atoms. The zero-order chi connectivity index (χ0) is 25.6. The third-order valence-corrected chi connectivity index (χ3v) is 8.09. The van der Waals surface area contributed by atoms with Crippen molar-refractivity contribution in [3.05, 3.63) is 65.4 Å². The molecule has 6 heteroatoms. The van der Waals surface area contributed by atoms with Crippen LogP contribution >= 0.6 is 0 Å². The van der Waals surface area contributed by atoms with Gasteiger partial charge in [0.1, 0.15) is 0 Å². The normalized spacial score (nSPS) is 22.0. The summed E-state index contributed by atoms with van der Waals surface area (Å²) in [7, 11) is 0. The number of carbonyl (C=O) groups is 2. The van der Waals surface area contributed by atoms with E-state index in [4.69, 9.17) is 4.74 Å². The number of carbonyl (C=O) groups excluding carboxylic acids is 2. The van der Waals surface area contributed by atoms with Crippen LogP contribution in [-0.2, 0) is 4.79 Å². The zero-order valence-electron chi connectivity index (χ0n) is 22.0. The van der Waals surface area contributed by atoms with E-state index in [1.807, 2.05) is 53.4 Å². The van der Waals surface area contributed by atoms with Crippen molar-refractivity contribution < 1.29 is 14.3 Å². The van der Waals surface area contributed by atoms with Gasteiger partial charge in [-0.1, -0.05) is 49.9 Å². The summed E-state index contributed by atoms with van der Waals surface area (Å²) in [5.41, 5.74) is 2.30. The molecule has 1 N–H and O–H groups in total. The number of piperidine rings is 1. The first kappa shape index (κ1) is 25.5. The van der Waals surface area contributed by atoms with Gasteiger partial charge in [0.05, 0.1) is 5.69 Å². The van der Waals surface area contributed by atoms with Gasteiger partial charge >= 0.3 is 0 Å². The number of hydrogen-bond donors (Lipinski definition) is 1. The predicted molar refractivity (Wildman–Crippen MR) is 148 cm³/mol. The maximum Gasteiger partial charge on any atom is 0.294 e. The van der Waals surface area contributed by atoms with Crippen LogP contribution in [0, 0.1) is 5.92 Å². The minimum Gasteiger partial charge on any atom is -0.449 e. The first-order valence-corrected chi connectivity index (χ1v) is 14.0. The molecule has 5 rings (SSSR count). The maximum absolute atomic E-state index is 13.5. The summed E-state index contributed by atoms with van der Waals surface area (Å²) in [6.45, 7) is 5.64. The second kappa shape index (κ2) is 12.0. The highest BCUT2D eigenvalue weighted by atomic mass is 16.5. The van der Waals surface area contributed by atoms with E-state index in [9.17, 15) is 9.59 Å². The minimum atomic E-state index is -0.0990. The van der Waals surface area contributed by atoms with Gasteiger partial charge in [-0.2, -0.15) is 0 Å². The van der Waals surface area contributed by atoms with Crippen LogP contribution in [0.1, 0.15) is 74.2 Å². The molecule has 2 heterocycles. The topological polar surface area (TPSA) is 61.9 Å². The van der Waals surface area contributed by atoms with Gasteiger partial charge in [0, 0.05) is 31.2 Å². The Hall–Kier alpha value is -3.12. The Balaban J connectivity index is 1.24. The smallest absolute Gasteiger partial charge is 0.294 e. The minimum absolute atomic E-state index is 0.0681. The van der Waals surface area contributed by atoms with Crippen LogP contribution < -0.4 is 15.0 Å². The lowest BCUT2D eigenvalue weighted by atomic mass is 9.88. The molecular formula is C31H39N3O3. The number of para-hydroxylation sites is 2. The summed E-state index contributed by atoms with van der Waals surface area (Å²) in [6.07, 6.45) is 11.7. The standard InChI is InChI=1S/C31H39N3O3/c1-23-9-7-8-19-33(23)20-18-32-30(35)26-16-14-24(15-17-26)21-29-31(36)34(22-25-10-3-2-4-11-25)27-12-5-6-13-28(27)37-29/h5-6,12-17,21,23,25H,2-4,7-11,18-20,22H2,1H3,(H,32,35)/b29-21-. The van der Waals surface area contributed by atoms with E-state index in [-0.39, 0.29) is 11.8 Å². The van der Waals surface area contributed by atoms with Gasteiger partial charge < -0.3 is 15.0 Å². The molecule has 6 nitrogen and oxygen atoms in total. The lowest BCUT2D eigenvalue weighted by Crippen LogP contribution is -2.42. The monoisotopic (exact) mass is 501 g/mol. The van der Waals surface area contributed by atoms with E-state index in [0.29, 0.717) is 35.6 Å². The average Bonchev–Trinajstić information content (AvgIpc) is 2.93. The number of amides is 2. The number of nitrogens with zero attached hydrogens (tertiary/aromatic N) is 2. The second-order valence-corrected chi connectivity index (χ2v) is 10.8. The lowest BCUT2D eigenvalue weighted by molar-refractivity contribution is -0.117. The van der Waals surface area contributed by atoms with Crippen molar-refractivity contribution in [2.45, 2.75) is 64.3 Å². The van der Waals surface area contributed by atoms with Gasteiger partial charge in [-0.15, -0.1) is 0 Å². The quantitative estimate of drug-likeness (QED) is 0.499. The van der Waals surface area contributed by atoms with Crippen LogP contribution in [0.3, 0.4) is 0 Å². The van der Waals surface area contributed by atoms with Crippen molar-refractivity contribution in [1.29, 1.82) is 0 Å². The van der Waals surface area contributed by atoms with Crippen molar-refractivity contribution in [2.24, 2.45) is 5.92 Å². The maximum atomic E-state index is 13.5. The molecule has 0 bridgehead atoms. The number of likely N-dealkylation sites (tertiary alicyclic amines) is 1. The van der Waals surface area contributed by atoms with Crippen molar-refractivity contribution in [3.8, 4) is 5.75 Å². The number of anilines is 1. The number of rotatable bonds is 7. The van der Waals surface area contributed by atoms with Crippen LogP contribution in [0.4, 0.5) is 5.69 Å². The fourth-order valence-corrected chi connectivity index (χ4v) is 5.86. The first-order valence-electron chi connectivity index (χ1n) is 14.0. The molecule has 0 spiro atoms. The molecule has 2 aromatic rings. The molecule has 2 aliphatic heterocycles. The molecule has 1 atom stereocenters. The number of fused-ring (bicyclic) bond motifs is 1. The van der Waals surface area contributed by atoms with Crippen LogP contribution in [0.25, 0.3) is 6.08 Å². The molecule has 2 amide bonds. The zero-order valence-corrected chi connectivity index (χ0v) is 22.0. The van der Waals surface area contributed by atoms with Gasteiger partial charge in [0.2, 0.25) is 0 Å². The largest absolute Gasteiger partial charge is 0.449 e. The Labute approximate surface area is 220 Å². The lowest BCUT2D eigenvalue weighted by Gasteiger charge is -2.34. The molecular weight excluding hydrogens is 462 g/mol. The fraction of sp³-hybridized carbons (Fsp3) is 0.484. The molecule has 2 fully saturated rings. The predicted octanol–water partition coefficient (Wildman–Crippen LogP) is 5.64. The van der Waals surface area contributed by atoms with Crippen LogP contribution in [-0.4, -0.2) is 48.9 Å². The van der Waals surface area contributed by atoms with E-state index in [2.05, 4.69) is 17.1 Å². The molecule has 3 aliphatic rings. The van der Waals surface area contributed by atoms with Gasteiger partial charge in [-0.25, -0.2) is 0 Å². The van der Waals surface area contributed by atoms with Crippen LogP contribution in [0.2, 0.25) is 0 Å². The summed E-state index contributed by atoms with van der Waals surface area (Å²) in [5, 5.41) is 3.05. The highest BCUT2D eigenvalue weighted by Crippen LogP contribution is 2.37. The van der Waals surface area contributed by atoms with Crippen molar-refractivity contribution in [1.82, 2.24) is 10.2 Å². The Bertz CT molecular complexity index is 1120. The Kier molecular flexibility index (Phi) is 8.24. The molecule has 1 aliphatic carbocycles. The van der Waals surface area contributed by atoms with Gasteiger partial charge in [-0.05, 0) is 81.0 Å². The molecule has 0 radical (unpaired) electrons. The van der Waals surface area contributed by atoms with Gasteiger partial charge in [0.25, 0.3) is 11.8 Å². The van der Waals surface area contributed by atoms with Crippen molar-refractivity contribution in [2.75, 3.05) is 31.1 Å². The fourth-order valence-electron chi connectivity index (χ4n) is 5.86. The molecule has 196 valence electrons. The van der Waals surface area contributed by atoms with E-state index >= 15 is 0 Å². The van der Waals surface area contributed by atoms with E-state index in [1.54, 1.807) is 6.08 Å². The first-order chi connectivity index (χ1) is 18.1. The van der Waals surface area contributed by atoms with Gasteiger partial charge in [-0.3, -0.25) is 14.5 Å². The Morgan fingerprint density at radius 3 is 2.54 bits per heavy atom. The molecule has 1 unspecified atom stereocenters. The Morgan fingerprint density at radius 1 is 1.00 bits per heavy atom. The Morgan fingerprint density at radius 2 is 1.76 bits per heavy atom. The summed E-state index contributed by atoms with van der Waals surface area (Å²) in [5.74, 6) is 1.39. The number of benzene rings is 2. The third-order valence-electron chi connectivity index (χ3n) is 8.09. The summed E-state index contributed by atoms with van der Waals surface area (Å²) in [4.78, 5) is 30.5. The van der Waals surface area contributed by atoms with Crippen molar-refractivity contribution in [3.63, 3.8) is 0 Å². The summed E-state index contributed by atoms with van der Waals surface area (Å²) >= 11 is 0. The highest BCUT2D eigenvalue weighted by Gasteiger charge is 2.32. The SMILES string of the molecule is CC1CCCCN1CCNC(=O)c1ccc(/C=C2\Oc3ccccc3N(CC3CCCCC3)C2=O)cc1. The summed E-state index contributed by atoms with van der Waals surface area (Å²) in [6, 6.07) is 15.7. The van der Waals surface area contributed by atoms with E-state index in [0.717, 1.165) is 30.9 Å². The highest BCUT2D eigenvalue weighted by molar-refractivity contribution is 6.10. The van der Waals surface area contributed by atoms with E-state index in [1.165, 1.54) is 51.4 Å². The number of nitrogens with one attached hydrogen (secondary N) is 1. The molecule has 1 saturated heterocycles. The summed E-state index contributed by atoms with van der Waals surface area (Å²) < 4.78 is 6.05. The van der Waals surface area contributed by atoms with E-state index < -0.39 is 0 Å².